The van der Waals surface area contributed by atoms with E-state index in [4.69, 9.17) is 40.2 Å². The van der Waals surface area contributed by atoms with Crippen LogP contribution in [-0.2, 0) is 13.1 Å². The van der Waals surface area contributed by atoms with Crippen molar-refractivity contribution in [2.45, 2.75) is 20.0 Å². The molecule has 0 heterocycles. The van der Waals surface area contributed by atoms with Gasteiger partial charge in [-0.05, 0) is 60.6 Å². The molecule has 0 fully saturated rings. The van der Waals surface area contributed by atoms with Crippen molar-refractivity contribution in [2.75, 3.05) is 12.4 Å². The Kier molecular flexibility index (Phi) is 7.37. The fourth-order valence-corrected chi connectivity index (χ4v) is 3.73. The highest BCUT2D eigenvalue weighted by Gasteiger charge is 2.16. The van der Waals surface area contributed by atoms with E-state index in [9.17, 15) is 0 Å². The molecular weight excluding hydrogens is 423 g/mol. The van der Waals surface area contributed by atoms with Crippen LogP contribution in [0.15, 0.2) is 66.7 Å². The van der Waals surface area contributed by atoms with Gasteiger partial charge in [-0.3, -0.25) is 0 Å². The van der Waals surface area contributed by atoms with Crippen molar-refractivity contribution >= 4 is 46.2 Å². The fraction of sp³-hybridized carbons (Fsp3) is 0.174. The van der Waals surface area contributed by atoms with E-state index in [1.807, 2.05) is 61.5 Å². The number of halogens is 2. The van der Waals surface area contributed by atoms with Crippen LogP contribution in [0.1, 0.15) is 16.7 Å². The third kappa shape index (κ3) is 5.63. The Morgan fingerprint density at radius 3 is 2.28 bits per heavy atom. The van der Waals surface area contributed by atoms with Gasteiger partial charge in [0.05, 0.1) is 7.11 Å². The first-order valence-electron chi connectivity index (χ1n) is 9.15. The zero-order valence-corrected chi connectivity index (χ0v) is 18.6. The molecule has 0 radical (unpaired) electrons. The van der Waals surface area contributed by atoms with Crippen LogP contribution < -0.4 is 10.1 Å². The van der Waals surface area contributed by atoms with Gasteiger partial charge in [0.15, 0.2) is 5.11 Å². The number of thiocarbonyl (C=S) groups is 1. The van der Waals surface area contributed by atoms with E-state index in [2.05, 4.69) is 22.3 Å². The van der Waals surface area contributed by atoms with Gasteiger partial charge in [-0.1, -0.05) is 59.6 Å². The van der Waals surface area contributed by atoms with Gasteiger partial charge < -0.3 is 15.0 Å². The molecule has 0 aliphatic rings. The second kappa shape index (κ2) is 9.97. The van der Waals surface area contributed by atoms with E-state index in [1.165, 1.54) is 0 Å². The van der Waals surface area contributed by atoms with Crippen LogP contribution in [0.25, 0.3) is 0 Å². The maximum Gasteiger partial charge on any atom is 0.174 e. The quantitative estimate of drug-likeness (QED) is 0.426. The molecule has 0 unspecified atom stereocenters. The number of aryl methyl sites for hydroxylation is 1. The Morgan fingerprint density at radius 1 is 0.966 bits per heavy atom. The first-order valence-corrected chi connectivity index (χ1v) is 10.3. The summed E-state index contributed by atoms with van der Waals surface area (Å²) in [7, 11) is 1.65. The smallest absolute Gasteiger partial charge is 0.174 e. The average Bonchev–Trinajstić information content (AvgIpc) is 2.72. The molecule has 0 aliphatic heterocycles. The van der Waals surface area contributed by atoms with Gasteiger partial charge in [-0.25, -0.2) is 0 Å². The first-order chi connectivity index (χ1) is 14.0. The minimum Gasteiger partial charge on any atom is -0.497 e. The first kappa shape index (κ1) is 21.4. The number of hydrogen-bond acceptors (Lipinski definition) is 2. The summed E-state index contributed by atoms with van der Waals surface area (Å²) in [5, 5.41) is 5.20. The normalized spacial score (nSPS) is 10.5. The number of rotatable bonds is 6. The molecule has 0 spiro atoms. The summed E-state index contributed by atoms with van der Waals surface area (Å²) in [6.45, 7) is 3.14. The summed E-state index contributed by atoms with van der Waals surface area (Å²) in [6.07, 6.45) is 0. The third-order valence-corrected chi connectivity index (χ3v) is 5.66. The number of anilines is 1. The number of ether oxygens (including phenoxy) is 1. The topological polar surface area (TPSA) is 24.5 Å². The Bertz CT molecular complexity index is 975. The Hall–Kier alpha value is -2.27. The number of nitrogens with one attached hydrogen (secondary N) is 1. The van der Waals surface area contributed by atoms with Crippen LogP contribution in [0.2, 0.25) is 10.0 Å². The Balaban J connectivity index is 1.86. The van der Waals surface area contributed by atoms with Gasteiger partial charge in [0.1, 0.15) is 5.75 Å². The predicted molar refractivity (Wildman–Crippen MR) is 126 cm³/mol. The second-order valence-corrected chi connectivity index (χ2v) is 7.85. The lowest BCUT2D eigenvalue weighted by molar-refractivity contribution is 0.412. The van der Waals surface area contributed by atoms with Crippen molar-refractivity contribution in [3.63, 3.8) is 0 Å². The molecule has 0 saturated heterocycles. The predicted octanol–water partition coefficient (Wildman–Crippen LogP) is 6.71. The molecule has 150 valence electrons. The third-order valence-electron chi connectivity index (χ3n) is 4.59. The van der Waals surface area contributed by atoms with Gasteiger partial charge in [0.25, 0.3) is 0 Å². The van der Waals surface area contributed by atoms with Crippen LogP contribution in [-0.4, -0.2) is 17.1 Å². The van der Waals surface area contributed by atoms with Crippen LogP contribution in [0, 0.1) is 6.92 Å². The second-order valence-electron chi connectivity index (χ2n) is 6.65. The zero-order valence-electron chi connectivity index (χ0n) is 16.3. The van der Waals surface area contributed by atoms with Crippen molar-refractivity contribution in [1.29, 1.82) is 0 Å². The van der Waals surface area contributed by atoms with E-state index in [0.717, 1.165) is 28.1 Å². The number of hydrogen-bond donors (Lipinski definition) is 1. The van der Waals surface area contributed by atoms with E-state index in [-0.39, 0.29) is 0 Å². The summed E-state index contributed by atoms with van der Waals surface area (Å²) in [6, 6.07) is 21.5. The number of nitrogens with zero attached hydrogens (tertiary/aromatic N) is 1. The minimum absolute atomic E-state index is 0.494. The SMILES string of the molecule is COc1ccc(NC(=S)N(Cc2ccccc2)Cc2c(Cl)cccc2Cl)c(C)c1. The molecule has 3 nitrogen and oxygen atoms in total. The molecular formula is C23H22Cl2N2OS. The van der Waals surface area contributed by atoms with Crippen molar-refractivity contribution in [3.05, 3.63) is 93.5 Å². The molecule has 0 bridgehead atoms. The fourth-order valence-electron chi connectivity index (χ4n) is 2.98. The van der Waals surface area contributed by atoms with Crippen LogP contribution in [0.4, 0.5) is 5.69 Å². The van der Waals surface area contributed by atoms with E-state index >= 15 is 0 Å². The van der Waals surface area contributed by atoms with E-state index in [0.29, 0.717) is 28.2 Å². The Labute approximate surface area is 187 Å². The average molecular weight is 445 g/mol. The van der Waals surface area contributed by atoms with Crippen LogP contribution in [0.5, 0.6) is 5.75 Å². The van der Waals surface area contributed by atoms with Crippen LogP contribution >= 0.6 is 35.4 Å². The van der Waals surface area contributed by atoms with Crippen molar-refractivity contribution in [3.8, 4) is 5.75 Å². The summed E-state index contributed by atoms with van der Waals surface area (Å²) in [4.78, 5) is 2.06. The maximum absolute atomic E-state index is 6.41. The van der Waals surface area contributed by atoms with E-state index in [1.54, 1.807) is 7.11 Å². The largest absolute Gasteiger partial charge is 0.497 e. The molecule has 0 aromatic heterocycles. The minimum atomic E-state index is 0.494. The number of benzene rings is 3. The Morgan fingerprint density at radius 2 is 1.66 bits per heavy atom. The summed E-state index contributed by atoms with van der Waals surface area (Å²) < 4.78 is 5.29. The zero-order chi connectivity index (χ0) is 20.8. The van der Waals surface area contributed by atoms with Crippen molar-refractivity contribution in [1.82, 2.24) is 4.90 Å². The van der Waals surface area contributed by atoms with Gasteiger partial charge in [0.2, 0.25) is 0 Å². The molecule has 3 rings (SSSR count). The highest BCUT2D eigenvalue weighted by Crippen LogP contribution is 2.27. The van der Waals surface area contributed by atoms with Crippen molar-refractivity contribution in [2.24, 2.45) is 0 Å². The standard InChI is InChI=1S/C23H22Cl2N2OS/c1-16-13-18(28-2)11-12-22(16)26-23(29)27(14-17-7-4-3-5-8-17)15-19-20(24)9-6-10-21(19)25/h3-13H,14-15H2,1-2H3,(H,26,29). The van der Waals surface area contributed by atoms with Gasteiger partial charge >= 0.3 is 0 Å². The van der Waals surface area contributed by atoms with Gasteiger partial charge in [-0.2, -0.15) is 0 Å². The monoisotopic (exact) mass is 444 g/mol. The molecule has 6 heteroatoms. The molecule has 29 heavy (non-hydrogen) atoms. The van der Waals surface area contributed by atoms with E-state index < -0.39 is 0 Å². The molecule has 1 N–H and O–H groups in total. The number of methoxy groups -OCH3 is 1. The highest BCUT2D eigenvalue weighted by molar-refractivity contribution is 7.80. The van der Waals surface area contributed by atoms with Gasteiger partial charge in [-0.15, -0.1) is 0 Å². The highest BCUT2D eigenvalue weighted by atomic mass is 35.5. The lowest BCUT2D eigenvalue weighted by atomic mass is 10.1. The lowest BCUT2D eigenvalue weighted by Crippen LogP contribution is -2.34. The van der Waals surface area contributed by atoms with Crippen molar-refractivity contribution < 1.29 is 4.74 Å². The molecule has 0 saturated carbocycles. The van der Waals surface area contributed by atoms with Gasteiger partial charge in [0, 0.05) is 34.4 Å². The molecule has 0 atom stereocenters. The maximum atomic E-state index is 6.41. The van der Waals surface area contributed by atoms with Crippen LogP contribution in [0.3, 0.4) is 0 Å². The molecule has 3 aromatic rings. The molecule has 0 amide bonds. The lowest BCUT2D eigenvalue weighted by Gasteiger charge is -2.27. The summed E-state index contributed by atoms with van der Waals surface area (Å²) in [5.74, 6) is 0.808. The molecule has 3 aromatic carbocycles. The summed E-state index contributed by atoms with van der Waals surface area (Å²) >= 11 is 18.6. The molecule has 0 aliphatic carbocycles. The summed E-state index contributed by atoms with van der Waals surface area (Å²) in [5.41, 5.74) is 3.97.